The van der Waals surface area contributed by atoms with Crippen LogP contribution in [-0.2, 0) is 6.18 Å². The average Bonchev–Trinajstić information content (AvgIpc) is 2.84. The van der Waals surface area contributed by atoms with Crippen molar-refractivity contribution in [3.05, 3.63) is 51.5 Å². The lowest BCUT2D eigenvalue weighted by Crippen LogP contribution is -2.14. The number of benzene rings is 1. The SMILES string of the molecule is COc1ccsc1C(N)c1ccc(C(F)(F)F)c(F)c1. The minimum Gasteiger partial charge on any atom is -0.496 e. The standard InChI is InChI=1S/C13H11F4NOS/c1-19-10-4-5-20-12(10)11(18)7-2-3-8(9(14)6-7)13(15,16)17/h2-6,11H,18H2,1H3. The van der Waals surface area contributed by atoms with Crippen molar-refractivity contribution in [3.8, 4) is 5.75 Å². The molecule has 0 amide bonds. The average molecular weight is 305 g/mol. The summed E-state index contributed by atoms with van der Waals surface area (Å²) in [5, 5.41) is 1.74. The molecule has 0 saturated heterocycles. The van der Waals surface area contributed by atoms with Crippen LogP contribution in [0.25, 0.3) is 0 Å². The van der Waals surface area contributed by atoms with Crippen molar-refractivity contribution in [1.82, 2.24) is 0 Å². The van der Waals surface area contributed by atoms with Crippen LogP contribution in [0.1, 0.15) is 22.0 Å². The van der Waals surface area contributed by atoms with E-state index in [1.165, 1.54) is 24.5 Å². The summed E-state index contributed by atoms with van der Waals surface area (Å²) >= 11 is 1.30. The molecule has 0 radical (unpaired) electrons. The molecule has 0 fully saturated rings. The predicted molar refractivity (Wildman–Crippen MR) is 68.3 cm³/mol. The van der Waals surface area contributed by atoms with Crippen LogP contribution in [0.15, 0.2) is 29.6 Å². The molecule has 2 rings (SSSR count). The van der Waals surface area contributed by atoms with Gasteiger partial charge in [-0.2, -0.15) is 13.2 Å². The highest BCUT2D eigenvalue weighted by Crippen LogP contribution is 2.36. The third-order valence-electron chi connectivity index (χ3n) is 2.82. The van der Waals surface area contributed by atoms with Gasteiger partial charge in [0.2, 0.25) is 0 Å². The zero-order chi connectivity index (χ0) is 14.9. The van der Waals surface area contributed by atoms with Gasteiger partial charge in [-0.05, 0) is 29.1 Å². The molecule has 1 atom stereocenters. The second-order valence-electron chi connectivity index (χ2n) is 4.07. The van der Waals surface area contributed by atoms with Crippen molar-refractivity contribution in [2.45, 2.75) is 12.2 Å². The van der Waals surface area contributed by atoms with E-state index < -0.39 is 23.6 Å². The molecule has 0 aliphatic heterocycles. The van der Waals surface area contributed by atoms with Gasteiger partial charge in [0, 0.05) is 0 Å². The molecule has 0 saturated carbocycles. The Balaban J connectivity index is 2.37. The maximum absolute atomic E-state index is 13.5. The van der Waals surface area contributed by atoms with E-state index in [-0.39, 0.29) is 5.56 Å². The highest BCUT2D eigenvalue weighted by Gasteiger charge is 2.34. The van der Waals surface area contributed by atoms with E-state index in [4.69, 9.17) is 10.5 Å². The maximum Gasteiger partial charge on any atom is 0.419 e. The Bertz CT molecular complexity index is 609. The summed E-state index contributed by atoms with van der Waals surface area (Å²) in [7, 11) is 1.46. The minimum absolute atomic E-state index is 0.260. The number of methoxy groups -OCH3 is 1. The van der Waals surface area contributed by atoms with E-state index in [0.717, 1.165) is 6.07 Å². The summed E-state index contributed by atoms with van der Waals surface area (Å²) in [4.78, 5) is 0.631. The zero-order valence-corrected chi connectivity index (χ0v) is 11.2. The fourth-order valence-corrected chi connectivity index (χ4v) is 2.70. The first-order valence-electron chi connectivity index (χ1n) is 5.58. The van der Waals surface area contributed by atoms with Gasteiger partial charge in [-0.3, -0.25) is 0 Å². The molecule has 1 aromatic heterocycles. The number of nitrogens with two attached hydrogens (primary N) is 1. The Kier molecular flexibility index (Phi) is 4.01. The lowest BCUT2D eigenvalue weighted by atomic mass is 10.0. The van der Waals surface area contributed by atoms with Gasteiger partial charge < -0.3 is 10.5 Å². The minimum atomic E-state index is -4.71. The Morgan fingerprint density at radius 3 is 2.50 bits per heavy atom. The van der Waals surface area contributed by atoms with Crippen LogP contribution < -0.4 is 10.5 Å². The van der Waals surface area contributed by atoms with Crippen molar-refractivity contribution < 1.29 is 22.3 Å². The van der Waals surface area contributed by atoms with Crippen LogP contribution >= 0.6 is 11.3 Å². The summed E-state index contributed by atoms with van der Waals surface area (Å²) in [6, 6.07) is 3.65. The van der Waals surface area contributed by atoms with Gasteiger partial charge in [0.15, 0.2) is 0 Å². The Labute approximate surface area is 116 Å². The number of ether oxygens (including phenoxy) is 1. The molecule has 2 aromatic rings. The van der Waals surface area contributed by atoms with Gasteiger partial charge in [0.1, 0.15) is 11.6 Å². The highest BCUT2D eigenvalue weighted by molar-refractivity contribution is 7.10. The number of alkyl halides is 3. The van der Waals surface area contributed by atoms with Crippen LogP contribution in [0, 0.1) is 5.82 Å². The van der Waals surface area contributed by atoms with Crippen LogP contribution in [0.4, 0.5) is 17.6 Å². The molecular formula is C13H11F4NOS. The summed E-state index contributed by atoms with van der Waals surface area (Å²) in [6.45, 7) is 0. The van der Waals surface area contributed by atoms with Crippen molar-refractivity contribution in [2.24, 2.45) is 5.73 Å². The first kappa shape index (κ1) is 14.8. The second-order valence-corrected chi connectivity index (χ2v) is 5.02. The van der Waals surface area contributed by atoms with Gasteiger partial charge >= 0.3 is 6.18 Å². The van der Waals surface area contributed by atoms with E-state index >= 15 is 0 Å². The fraction of sp³-hybridized carbons (Fsp3) is 0.231. The first-order chi connectivity index (χ1) is 9.34. The molecule has 1 aromatic carbocycles. The van der Waals surface area contributed by atoms with E-state index in [0.29, 0.717) is 16.7 Å². The molecule has 0 bridgehead atoms. The Morgan fingerprint density at radius 1 is 1.25 bits per heavy atom. The molecular weight excluding hydrogens is 294 g/mol. The van der Waals surface area contributed by atoms with Gasteiger partial charge in [-0.25, -0.2) is 4.39 Å². The van der Waals surface area contributed by atoms with Gasteiger partial charge in [0.05, 0.1) is 23.6 Å². The number of halogens is 4. The molecule has 1 heterocycles. The summed E-state index contributed by atoms with van der Waals surface area (Å²) in [5.41, 5.74) is 4.91. The van der Waals surface area contributed by atoms with Crippen LogP contribution in [0.3, 0.4) is 0 Å². The van der Waals surface area contributed by atoms with E-state index in [2.05, 4.69) is 0 Å². The van der Waals surface area contributed by atoms with E-state index in [9.17, 15) is 17.6 Å². The number of rotatable bonds is 3. The third-order valence-corrected chi connectivity index (χ3v) is 3.80. The molecule has 0 aliphatic carbocycles. The third kappa shape index (κ3) is 2.78. The second kappa shape index (κ2) is 5.41. The molecule has 2 N–H and O–H groups in total. The normalized spacial score (nSPS) is 13.3. The van der Waals surface area contributed by atoms with Crippen molar-refractivity contribution in [2.75, 3.05) is 7.11 Å². The molecule has 2 nitrogen and oxygen atoms in total. The van der Waals surface area contributed by atoms with Gasteiger partial charge in [-0.15, -0.1) is 11.3 Å². The highest BCUT2D eigenvalue weighted by atomic mass is 32.1. The predicted octanol–water partition coefficient (Wildman–Crippen LogP) is 3.96. The molecule has 1 unspecified atom stereocenters. The molecule has 108 valence electrons. The Morgan fingerprint density at radius 2 is 1.95 bits per heavy atom. The van der Waals surface area contributed by atoms with E-state index in [1.807, 2.05) is 0 Å². The largest absolute Gasteiger partial charge is 0.496 e. The van der Waals surface area contributed by atoms with Crippen LogP contribution in [0.2, 0.25) is 0 Å². The molecule has 0 aliphatic rings. The summed E-state index contributed by atoms with van der Waals surface area (Å²) < 4.78 is 56.1. The van der Waals surface area contributed by atoms with E-state index in [1.54, 1.807) is 11.4 Å². The molecule has 7 heteroatoms. The number of thiophene rings is 1. The van der Waals surface area contributed by atoms with Gasteiger partial charge in [0.25, 0.3) is 0 Å². The zero-order valence-electron chi connectivity index (χ0n) is 10.4. The topological polar surface area (TPSA) is 35.2 Å². The maximum atomic E-state index is 13.5. The monoisotopic (exact) mass is 305 g/mol. The number of hydrogen-bond donors (Lipinski definition) is 1. The van der Waals surface area contributed by atoms with Crippen molar-refractivity contribution in [1.29, 1.82) is 0 Å². The fourth-order valence-electron chi connectivity index (χ4n) is 1.81. The summed E-state index contributed by atoms with van der Waals surface area (Å²) in [6.07, 6.45) is -4.71. The van der Waals surface area contributed by atoms with Crippen LogP contribution in [0.5, 0.6) is 5.75 Å². The summed E-state index contributed by atoms with van der Waals surface area (Å²) in [5.74, 6) is -0.802. The number of hydrogen-bond acceptors (Lipinski definition) is 3. The lowest BCUT2D eigenvalue weighted by Gasteiger charge is -2.14. The Hall–Kier alpha value is -1.60. The first-order valence-corrected chi connectivity index (χ1v) is 6.46. The quantitative estimate of drug-likeness (QED) is 0.871. The lowest BCUT2D eigenvalue weighted by molar-refractivity contribution is -0.140. The van der Waals surface area contributed by atoms with Crippen molar-refractivity contribution >= 4 is 11.3 Å². The van der Waals surface area contributed by atoms with Crippen molar-refractivity contribution in [3.63, 3.8) is 0 Å². The van der Waals surface area contributed by atoms with Gasteiger partial charge in [-0.1, -0.05) is 6.07 Å². The molecule has 0 spiro atoms. The molecule has 20 heavy (non-hydrogen) atoms. The smallest absolute Gasteiger partial charge is 0.419 e. The van der Waals surface area contributed by atoms with Crippen LogP contribution in [-0.4, -0.2) is 7.11 Å².